The number of ether oxygens (including phenoxy) is 2. The van der Waals surface area contributed by atoms with Gasteiger partial charge in [-0.2, -0.15) is 0 Å². The fourth-order valence-corrected chi connectivity index (χ4v) is 3.12. The van der Waals surface area contributed by atoms with E-state index in [1.807, 2.05) is 6.07 Å². The van der Waals surface area contributed by atoms with Gasteiger partial charge in [0.2, 0.25) is 0 Å². The maximum Gasteiger partial charge on any atom is 0.170 e. The van der Waals surface area contributed by atoms with Crippen molar-refractivity contribution in [3.8, 4) is 5.75 Å². The lowest BCUT2D eigenvalue weighted by Gasteiger charge is -2.30. The molecule has 1 aliphatic rings. The number of rotatable bonds is 5. The molecule has 1 aromatic rings. The Morgan fingerprint density at radius 1 is 1.26 bits per heavy atom. The molecule has 1 saturated carbocycles. The quantitative estimate of drug-likeness (QED) is 0.892. The summed E-state index contributed by atoms with van der Waals surface area (Å²) in [6.45, 7) is 0.782. The number of hydrogen-bond acceptors (Lipinski definition) is 3. The molecular weight excluding hydrogens is 245 g/mol. The van der Waals surface area contributed by atoms with Crippen molar-refractivity contribution < 1.29 is 13.9 Å². The molecule has 0 unspecified atom stereocenters. The molecule has 0 aliphatic heterocycles. The van der Waals surface area contributed by atoms with Crippen molar-refractivity contribution in [2.24, 2.45) is 5.73 Å². The lowest BCUT2D eigenvalue weighted by Crippen LogP contribution is -2.32. The minimum atomic E-state index is -0.318. The van der Waals surface area contributed by atoms with E-state index in [-0.39, 0.29) is 17.8 Å². The largest absolute Gasteiger partial charge is 0.493 e. The van der Waals surface area contributed by atoms with Crippen LogP contribution in [0.1, 0.15) is 36.8 Å². The zero-order valence-corrected chi connectivity index (χ0v) is 11.7. The highest BCUT2D eigenvalue weighted by molar-refractivity contribution is 5.45. The van der Waals surface area contributed by atoms with Crippen LogP contribution >= 0.6 is 0 Å². The summed E-state index contributed by atoms with van der Waals surface area (Å²) in [5, 5.41) is 0. The van der Waals surface area contributed by atoms with Crippen LogP contribution < -0.4 is 10.5 Å². The summed E-state index contributed by atoms with van der Waals surface area (Å²) in [7, 11) is 3.07. The summed E-state index contributed by atoms with van der Waals surface area (Å²) in [5.41, 5.74) is 7.27. The molecule has 0 saturated heterocycles. The Bertz CT molecular complexity index is 442. The van der Waals surface area contributed by atoms with E-state index in [0.717, 1.165) is 31.2 Å². The maximum absolute atomic E-state index is 14.4. The Hall–Kier alpha value is -1.13. The van der Waals surface area contributed by atoms with Crippen molar-refractivity contribution in [1.29, 1.82) is 0 Å². The van der Waals surface area contributed by atoms with Gasteiger partial charge in [-0.05, 0) is 12.8 Å². The summed E-state index contributed by atoms with van der Waals surface area (Å²) in [6, 6.07) is 3.74. The summed E-state index contributed by atoms with van der Waals surface area (Å²) in [4.78, 5) is 0. The minimum Gasteiger partial charge on any atom is -0.493 e. The van der Waals surface area contributed by atoms with Gasteiger partial charge in [0.25, 0.3) is 0 Å². The van der Waals surface area contributed by atoms with Gasteiger partial charge in [-0.25, -0.2) is 4.39 Å². The summed E-state index contributed by atoms with van der Waals surface area (Å²) in [5.74, 6) is 0.0171. The van der Waals surface area contributed by atoms with E-state index in [1.165, 1.54) is 7.11 Å². The van der Waals surface area contributed by atoms with E-state index in [0.29, 0.717) is 17.9 Å². The van der Waals surface area contributed by atoms with Crippen LogP contribution in [0.3, 0.4) is 0 Å². The summed E-state index contributed by atoms with van der Waals surface area (Å²) >= 11 is 0. The van der Waals surface area contributed by atoms with Crippen molar-refractivity contribution >= 4 is 0 Å². The normalized spacial score (nSPS) is 17.7. The van der Waals surface area contributed by atoms with Gasteiger partial charge >= 0.3 is 0 Å². The molecule has 0 amide bonds. The van der Waals surface area contributed by atoms with Crippen LogP contribution in [-0.4, -0.2) is 20.8 Å². The SMILES string of the molecule is COCc1ccc(C2(CN)CCCC2)c(OC)c1F. The molecule has 2 rings (SSSR count). The van der Waals surface area contributed by atoms with Gasteiger partial charge in [-0.15, -0.1) is 0 Å². The van der Waals surface area contributed by atoms with E-state index in [2.05, 4.69) is 0 Å². The van der Waals surface area contributed by atoms with E-state index in [9.17, 15) is 4.39 Å². The van der Waals surface area contributed by atoms with Gasteiger partial charge in [0.1, 0.15) is 0 Å². The van der Waals surface area contributed by atoms with Crippen molar-refractivity contribution in [2.75, 3.05) is 20.8 Å². The third-order valence-corrected chi connectivity index (χ3v) is 4.20. The third-order valence-electron chi connectivity index (χ3n) is 4.20. The van der Waals surface area contributed by atoms with Crippen LogP contribution in [0, 0.1) is 5.82 Å². The van der Waals surface area contributed by atoms with Gasteiger partial charge in [0.05, 0.1) is 13.7 Å². The number of halogens is 1. The van der Waals surface area contributed by atoms with Crippen LogP contribution in [0.5, 0.6) is 5.75 Å². The first-order valence-electron chi connectivity index (χ1n) is 6.73. The summed E-state index contributed by atoms with van der Waals surface area (Å²) in [6.07, 6.45) is 4.29. The topological polar surface area (TPSA) is 44.5 Å². The van der Waals surface area contributed by atoms with Crippen molar-refractivity contribution in [3.63, 3.8) is 0 Å². The number of hydrogen-bond donors (Lipinski definition) is 1. The molecule has 0 radical (unpaired) electrons. The number of methoxy groups -OCH3 is 2. The van der Waals surface area contributed by atoms with Crippen molar-refractivity contribution in [1.82, 2.24) is 0 Å². The van der Waals surface area contributed by atoms with Gasteiger partial charge in [-0.3, -0.25) is 0 Å². The molecule has 4 heteroatoms. The third kappa shape index (κ3) is 2.47. The zero-order valence-electron chi connectivity index (χ0n) is 11.7. The average molecular weight is 267 g/mol. The van der Waals surface area contributed by atoms with Gasteiger partial charge < -0.3 is 15.2 Å². The smallest absolute Gasteiger partial charge is 0.170 e. The highest BCUT2D eigenvalue weighted by atomic mass is 19.1. The van der Waals surface area contributed by atoms with Crippen LogP contribution in [-0.2, 0) is 16.8 Å². The molecule has 3 nitrogen and oxygen atoms in total. The Kier molecular flexibility index (Phi) is 4.42. The molecule has 106 valence electrons. The standard InChI is InChI=1S/C15H22FNO2/c1-18-9-11-5-6-12(14(19-2)13(11)16)15(10-17)7-3-4-8-15/h5-6H,3-4,7-10,17H2,1-2H3. The van der Waals surface area contributed by atoms with Gasteiger partial charge in [0, 0.05) is 30.2 Å². The second-order valence-electron chi connectivity index (χ2n) is 5.24. The fraction of sp³-hybridized carbons (Fsp3) is 0.600. The highest BCUT2D eigenvalue weighted by Crippen LogP contribution is 2.45. The fourth-order valence-electron chi connectivity index (χ4n) is 3.12. The first-order chi connectivity index (χ1) is 9.18. The Balaban J connectivity index is 2.48. The molecule has 0 aromatic heterocycles. The molecule has 0 bridgehead atoms. The lowest BCUT2D eigenvalue weighted by molar-refractivity contribution is 0.180. The molecule has 1 aliphatic carbocycles. The van der Waals surface area contributed by atoms with Crippen LogP contribution in [0.2, 0.25) is 0 Å². The molecule has 0 heterocycles. The molecule has 1 fully saturated rings. The van der Waals surface area contributed by atoms with Crippen LogP contribution in [0.25, 0.3) is 0 Å². The lowest BCUT2D eigenvalue weighted by atomic mass is 9.78. The van der Waals surface area contributed by atoms with E-state index < -0.39 is 0 Å². The van der Waals surface area contributed by atoms with Crippen molar-refractivity contribution in [3.05, 3.63) is 29.1 Å². The molecular formula is C15H22FNO2. The van der Waals surface area contributed by atoms with Gasteiger partial charge in [0.15, 0.2) is 11.6 Å². The van der Waals surface area contributed by atoms with Gasteiger partial charge in [-0.1, -0.05) is 25.0 Å². The number of benzene rings is 1. The van der Waals surface area contributed by atoms with Crippen LogP contribution in [0.4, 0.5) is 4.39 Å². The predicted molar refractivity (Wildman–Crippen MR) is 72.9 cm³/mol. The molecule has 0 spiro atoms. The maximum atomic E-state index is 14.4. The summed E-state index contributed by atoms with van der Waals surface area (Å²) < 4.78 is 24.8. The van der Waals surface area contributed by atoms with E-state index in [4.69, 9.17) is 15.2 Å². The minimum absolute atomic E-state index is 0.127. The molecule has 1 aromatic carbocycles. The van der Waals surface area contributed by atoms with E-state index in [1.54, 1.807) is 13.2 Å². The second-order valence-corrected chi connectivity index (χ2v) is 5.24. The van der Waals surface area contributed by atoms with E-state index >= 15 is 0 Å². The first-order valence-corrected chi connectivity index (χ1v) is 6.73. The zero-order chi connectivity index (χ0) is 13.9. The van der Waals surface area contributed by atoms with Crippen LogP contribution in [0.15, 0.2) is 12.1 Å². The Morgan fingerprint density at radius 2 is 1.95 bits per heavy atom. The number of nitrogens with two attached hydrogens (primary N) is 1. The highest BCUT2D eigenvalue weighted by Gasteiger charge is 2.37. The average Bonchev–Trinajstić information content (AvgIpc) is 2.91. The second kappa shape index (κ2) is 5.88. The molecule has 2 N–H and O–H groups in total. The first kappa shape index (κ1) is 14.3. The molecule has 19 heavy (non-hydrogen) atoms. The Labute approximate surface area is 113 Å². The Morgan fingerprint density at radius 3 is 2.47 bits per heavy atom. The predicted octanol–water partition coefficient (Wildman–Crippen LogP) is 2.75. The van der Waals surface area contributed by atoms with Crippen molar-refractivity contribution in [2.45, 2.75) is 37.7 Å². The molecule has 0 atom stereocenters. The monoisotopic (exact) mass is 267 g/mol.